The van der Waals surface area contributed by atoms with Gasteiger partial charge in [-0.2, -0.15) is 0 Å². The van der Waals surface area contributed by atoms with Crippen molar-refractivity contribution in [2.75, 3.05) is 0 Å². The summed E-state index contributed by atoms with van der Waals surface area (Å²) in [7, 11) is 0. The van der Waals surface area contributed by atoms with E-state index in [-0.39, 0.29) is 11.4 Å². The summed E-state index contributed by atoms with van der Waals surface area (Å²) >= 11 is -2.60. The second kappa shape index (κ2) is 4.36. The van der Waals surface area contributed by atoms with E-state index in [1.54, 1.807) is 0 Å². The Hall–Kier alpha value is -1.18. The molecule has 0 bridgehead atoms. The second-order valence-electron chi connectivity index (χ2n) is 4.47. The molecule has 0 saturated heterocycles. The van der Waals surface area contributed by atoms with Crippen molar-refractivity contribution in [2.45, 2.75) is 14.8 Å². The molecule has 0 aliphatic heterocycles. The first kappa shape index (κ1) is 12.9. The van der Waals surface area contributed by atoms with Crippen molar-refractivity contribution in [1.29, 1.82) is 0 Å². The Morgan fingerprint density at radius 3 is 2.00 bits per heavy atom. The van der Waals surface area contributed by atoms with Gasteiger partial charge in [0.15, 0.2) is 0 Å². The molecule has 1 aromatic rings. The fraction of sp³-hybridized carbons (Fsp3) is 0.333. The average molecular weight is 331 g/mol. The van der Waals surface area contributed by atoms with Crippen molar-refractivity contribution >= 4 is 33.3 Å². The molecule has 0 N–H and O–H groups in total. The molecule has 6 nitrogen and oxygen atoms in total. The average Bonchev–Trinajstić information content (AvgIpc) is 2.15. The molecule has 0 saturated carbocycles. The summed E-state index contributed by atoms with van der Waals surface area (Å²) in [5.41, 5.74) is -0.344. The maximum absolute atomic E-state index is 10.9. The first-order valence-electron chi connectivity index (χ1n) is 4.67. The van der Waals surface area contributed by atoms with Crippen LogP contribution in [-0.2, 0) is 0 Å². The van der Waals surface area contributed by atoms with Gasteiger partial charge in [0, 0.05) is 0 Å². The molecule has 1 aromatic carbocycles. The molecule has 0 heterocycles. The van der Waals surface area contributed by atoms with Crippen molar-refractivity contribution in [1.82, 2.24) is 0 Å². The Morgan fingerprint density at radius 1 is 1.06 bits per heavy atom. The third kappa shape index (κ3) is 2.69. The molecule has 0 aliphatic rings. The Balaban J connectivity index is 3.43. The van der Waals surface area contributed by atoms with E-state index in [0.717, 1.165) is 6.07 Å². The van der Waals surface area contributed by atoms with Crippen LogP contribution < -0.4 is 3.58 Å². The van der Waals surface area contributed by atoms with Crippen LogP contribution in [0.1, 0.15) is 0 Å². The molecule has 0 unspecified atom stereocenters. The standard InChI is InChI=1S/C6H3N2O4.3CH3.Sn/c9-7(10)5-2-1-3-6(4-5)8(11)12;;;;/h1-2,4H;3*1H3;. The van der Waals surface area contributed by atoms with Crippen LogP contribution in [0.15, 0.2) is 18.2 Å². The van der Waals surface area contributed by atoms with Gasteiger partial charge in [0.1, 0.15) is 0 Å². The molecule has 0 atom stereocenters. The third-order valence-electron chi connectivity index (χ3n) is 2.20. The molecule has 1 rings (SSSR count). The first-order chi connectivity index (χ1) is 7.23. The number of nitro groups is 2. The predicted octanol–water partition coefficient (Wildman–Crippen LogP) is 2.05. The first-order valence-corrected chi connectivity index (χ1v) is 14.7. The van der Waals surface area contributed by atoms with Crippen LogP contribution in [0.4, 0.5) is 11.4 Å². The number of non-ortho nitro benzene ring substituents is 1. The van der Waals surface area contributed by atoms with Gasteiger partial charge in [0.25, 0.3) is 0 Å². The molecule has 16 heavy (non-hydrogen) atoms. The van der Waals surface area contributed by atoms with Gasteiger partial charge in [-0.05, 0) is 0 Å². The van der Waals surface area contributed by atoms with Crippen LogP contribution >= 0.6 is 0 Å². The van der Waals surface area contributed by atoms with E-state index in [4.69, 9.17) is 0 Å². The Kier molecular flexibility index (Phi) is 3.51. The topological polar surface area (TPSA) is 86.3 Å². The molecular weight excluding hydrogens is 319 g/mol. The minimum atomic E-state index is -2.60. The van der Waals surface area contributed by atoms with E-state index < -0.39 is 28.2 Å². The SMILES string of the molecule is [CH3][Sn]([CH3])([CH3])[c]1ccc([N+](=O)[O-])cc1[N+](=O)[O-]. The van der Waals surface area contributed by atoms with E-state index in [9.17, 15) is 20.2 Å². The molecule has 7 heteroatoms. The second-order valence-corrected chi connectivity index (χ2v) is 18.8. The number of rotatable bonds is 3. The summed E-state index contributed by atoms with van der Waals surface area (Å²) in [5, 5.41) is 21.4. The van der Waals surface area contributed by atoms with Gasteiger partial charge in [0.05, 0.1) is 0 Å². The molecule has 0 spiro atoms. The van der Waals surface area contributed by atoms with E-state index >= 15 is 0 Å². The normalized spacial score (nSPS) is 11.2. The van der Waals surface area contributed by atoms with Gasteiger partial charge in [-0.25, -0.2) is 0 Å². The number of nitro benzene ring substituents is 2. The number of hydrogen-bond acceptors (Lipinski definition) is 4. The fourth-order valence-corrected chi connectivity index (χ4v) is 5.74. The number of nitrogens with zero attached hydrogens (tertiary/aromatic N) is 2. The van der Waals surface area contributed by atoms with Gasteiger partial charge < -0.3 is 0 Å². The van der Waals surface area contributed by atoms with Gasteiger partial charge in [0.2, 0.25) is 0 Å². The van der Waals surface area contributed by atoms with Gasteiger partial charge >= 0.3 is 96.4 Å². The zero-order valence-electron chi connectivity index (χ0n) is 9.26. The molecule has 86 valence electrons. The quantitative estimate of drug-likeness (QED) is 0.482. The van der Waals surface area contributed by atoms with Crippen molar-refractivity contribution in [3.8, 4) is 0 Å². The number of hydrogen-bond donors (Lipinski definition) is 0. The summed E-state index contributed by atoms with van der Waals surface area (Å²) in [6.07, 6.45) is 0. The Bertz CT molecular complexity index is 453. The maximum atomic E-state index is 10.9. The van der Waals surface area contributed by atoms with Crippen molar-refractivity contribution in [3.05, 3.63) is 38.4 Å². The fourth-order valence-electron chi connectivity index (χ4n) is 1.42. The molecular formula is C9H12N2O4Sn. The van der Waals surface area contributed by atoms with Crippen LogP contribution in [0.25, 0.3) is 0 Å². The Morgan fingerprint density at radius 2 is 1.62 bits per heavy atom. The van der Waals surface area contributed by atoms with Crippen LogP contribution in [0.5, 0.6) is 0 Å². The monoisotopic (exact) mass is 332 g/mol. The molecule has 0 aliphatic carbocycles. The van der Waals surface area contributed by atoms with Crippen LogP contribution in [-0.4, -0.2) is 28.2 Å². The summed E-state index contributed by atoms with van der Waals surface area (Å²) in [6.45, 7) is 0. The molecule has 0 aromatic heterocycles. The molecule has 0 fully saturated rings. The van der Waals surface area contributed by atoms with Crippen molar-refractivity contribution in [2.24, 2.45) is 0 Å². The zero-order valence-corrected chi connectivity index (χ0v) is 12.1. The zero-order chi connectivity index (χ0) is 12.5. The summed E-state index contributed by atoms with van der Waals surface area (Å²) in [5.74, 6) is 0. The van der Waals surface area contributed by atoms with E-state index in [2.05, 4.69) is 0 Å². The predicted molar refractivity (Wildman–Crippen MR) is 62.7 cm³/mol. The van der Waals surface area contributed by atoms with E-state index in [0.29, 0.717) is 3.58 Å². The van der Waals surface area contributed by atoms with Crippen LogP contribution in [0.2, 0.25) is 14.8 Å². The van der Waals surface area contributed by atoms with Crippen LogP contribution in [0, 0.1) is 20.2 Å². The van der Waals surface area contributed by atoms with Crippen molar-refractivity contribution < 1.29 is 9.85 Å². The third-order valence-corrected chi connectivity index (χ3v) is 8.02. The minimum absolute atomic E-state index is 0.113. The van der Waals surface area contributed by atoms with Crippen molar-refractivity contribution in [3.63, 3.8) is 0 Å². The molecule has 0 radical (unpaired) electrons. The van der Waals surface area contributed by atoms with E-state index in [1.807, 2.05) is 14.8 Å². The van der Waals surface area contributed by atoms with Crippen LogP contribution in [0.3, 0.4) is 0 Å². The Labute approximate surface area is 96.4 Å². The summed E-state index contributed by atoms with van der Waals surface area (Å²) in [4.78, 5) is 26.3. The van der Waals surface area contributed by atoms with Gasteiger partial charge in [-0.1, -0.05) is 0 Å². The molecule has 0 amide bonds. The number of benzene rings is 1. The van der Waals surface area contributed by atoms with E-state index in [1.165, 1.54) is 12.1 Å². The summed E-state index contributed by atoms with van der Waals surface area (Å²) in [6, 6.07) is 3.92. The van der Waals surface area contributed by atoms with Gasteiger partial charge in [-0.15, -0.1) is 0 Å². The summed E-state index contributed by atoms with van der Waals surface area (Å²) < 4.78 is 0.699. The van der Waals surface area contributed by atoms with Gasteiger partial charge in [-0.3, -0.25) is 0 Å².